The summed E-state index contributed by atoms with van der Waals surface area (Å²) in [6.45, 7) is 3.70. The lowest BCUT2D eigenvalue weighted by atomic mass is 10.1. The fraction of sp³-hybridized carbons (Fsp3) is 0.316. The Balaban J connectivity index is 1.83. The van der Waals surface area contributed by atoms with Gasteiger partial charge in [-0.15, -0.1) is 0 Å². The Morgan fingerprint density at radius 2 is 1.92 bits per heavy atom. The quantitative estimate of drug-likeness (QED) is 0.892. The van der Waals surface area contributed by atoms with E-state index in [4.69, 9.17) is 4.74 Å². The molecule has 1 amide bonds. The number of sulfonamides is 1. The van der Waals surface area contributed by atoms with Gasteiger partial charge in [0, 0.05) is 0 Å². The van der Waals surface area contributed by atoms with Crippen molar-refractivity contribution in [3.63, 3.8) is 0 Å². The first-order valence-corrected chi connectivity index (χ1v) is 10.2. The van der Waals surface area contributed by atoms with E-state index in [9.17, 15) is 13.2 Å². The molecule has 3 rings (SSSR count). The summed E-state index contributed by atoms with van der Waals surface area (Å²) in [5, 5.41) is 2.89. The van der Waals surface area contributed by atoms with Gasteiger partial charge in [-0.1, -0.05) is 36.4 Å². The average molecular weight is 374 g/mol. The van der Waals surface area contributed by atoms with E-state index in [1.165, 1.54) is 4.31 Å². The number of benzene rings is 2. The summed E-state index contributed by atoms with van der Waals surface area (Å²) < 4.78 is 31.4. The summed E-state index contributed by atoms with van der Waals surface area (Å²) in [6.07, 6.45) is 0.220. The molecule has 0 bridgehead atoms. The topological polar surface area (TPSA) is 75.7 Å². The van der Waals surface area contributed by atoms with E-state index in [2.05, 4.69) is 5.32 Å². The van der Waals surface area contributed by atoms with Gasteiger partial charge in [0.05, 0.1) is 24.5 Å². The van der Waals surface area contributed by atoms with Crippen LogP contribution in [0.25, 0.3) is 0 Å². The SMILES string of the molecule is Cc1ccc2c(c1)N(S(C)(=O)=O)CC(C(=O)N[C@@H](C)c1ccccc1)O2. The second kappa shape index (κ2) is 6.99. The van der Waals surface area contributed by atoms with Crippen molar-refractivity contribution in [2.45, 2.75) is 26.0 Å². The van der Waals surface area contributed by atoms with Crippen LogP contribution in [0.5, 0.6) is 5.75 Å². The van der Waals surface area contributed by atoms with Crippen LogP contribution in [0.2, 0.25) is 0 Å². The van der Waals surface area contributed by atoms with Gasteiger partial charge in [0.15, 0.2) is 6.10 Å². The average Bonchev–Trinajstić information content (AvgIpc) is 2.60. The van der Waals surface area contributed by atoms with Gasteiger partial charge in [0.2, 0.25) is 10.0 Å². The predicted octanol–water partition coefficient (Wildman–Crippen LogP) is 2.40. The summed E-state index contributed by atoms with van der Waals surface area (Å²) in [7, 11) is -3.53. The molecule has 6 nitrogen and oxygen atoms in total. The zero-order valence-electron chi connectivity index (χ0n) is 15.0. The van der Waals surface area contributed by atoms with E-state index in [1.54, 1.807) is 12.1 Å². The Hall–Kier alpha value is -2.54. The van der Waals surface area contributed by atoms with Gasteiger partial charge in [-0.3, -0.25) is 9.10 Å². The maximum atomic E-state index is 12.7. The molecule has 0 spiro atoms. The number of rotatable bonds is 4. The molecule has 2 aromatic carbocycles. The number of fused-ring (bicyclic) bond motifs is 1. The van der Waals surface area contributed by atoms with E-state index in [-0.39, 0.29) is 18.5 Å². The molecule has 138 valence electrons. The van der Waals surface area contributed by atoms with Crippen molar-refractivity contribution >= 4 is 21.6 Å². The lowest BCUT2D eigenvalue weighted by Gasteiger charge is -2.34. The highest BCUT2D eigenvalue weighted by Gasteiger charge is 2.35. The summed E-state index contributed by atoms with van der Waals surface area (Å²) >= 11 is 0. The third-order valence-corrected chi connectivity index (χ3v) is 5.48. The Morgan fingerprint density at radius 3 is 2.58 bits per heavy atom. The van der Waals surface area contributed by atoms with Crippen molar-refractivity contribution in [2.75, 3.05) is 17.1 Å². The number of carbonyl (C=O) groups is 1. The van der Waals surface area contributed by atoms with E-state index in [0.717, 1.165) is 17.4 Å². The van der Waals surface area contributed by atoms with Crippen molar-refractivity contribution in [3.8, 4) is 5.75 Å². The van der Waals surface area contributed by atoms with Crippen LogP contribution in [0.3, 0.4) is 0 Å². The molecule has 1 aliphatic heterocycles. The number of carbonyl (C=O) groups excluding carboxylic acids is 1. The standard InChI is InChI=1S/C19H22N2O4S/c1-13-9-10-17-16(11-13)21(26(3,23)24)12-18(25-17)19(22)20-14(2)15-7-5-4-6-8-15/h4-11,14,18H,12H2,1-3H3,(H,20,22)/t14-,18?/m0/s1. The lowest BCUT2D eigenvalue weighted by molar-refractivity contribution is -0.128. The zero-order chi connectivity index (χ0) is 18.9. The Bertz CT molecular complexity index is 912. The molecular weight excluding hydrogens is 352 g/mol. The van der Waals surface area contributed by atoms with Crippen molar-refractivity contribution in [1.82, 2.24) is 5.32 Å². The minimum absolute atomic E-state index is 0.0529. The molecule has 1 aliphatic rings. The maximum Gasteiger partial charge on any atom is 0.263 e. The van der Waals surface area contributed by atoms with Crippen LogP contribution >= 0.6 is 0 Å². The van der Waals surface area contributed by atoms with Crippen LogP contribution in [-0.4, -0.2) is 33.2 Å². The molecule has 0 radical (unpaired) electrons. The normalized spacial score (nSPS) is 17.8. The van der Waals surface area contributed by atoms with Crippen LogP contribution in [0.4, 0.5) is 5.69 Å². The van der Waals surface area contributed by atoms with Gasteiger partial charge in [0.1, 0.15) is 5.75 Å². The highest BCUT2D eigenvalue weighted by atomic mass is 32.2. The fourth-order valence-corrected chi connectivity index (χ4v) is 3.85. The smallest absolute Gasteiger partial charge is 0.263 e. The van der Waals surface area contributed by atoms with Crippen molar-refractivity contribution < 1.29 is 17.9 Å². The van der Waals surface area contributed by atoms with Gasteiger partial charge < -0.3 is 10.1 Å². The lowest BCUT2D eigenvalue weighted by Crippen LogP contribution is -2.50. The van der Waals surface area contributed by atoms with Crippen LogP contribution < -0.4 is 14.4 Å². The molecular formula is C19H22N2O4S. The Kier molecular flexibility index (Phi) is 4.91. The molecule has 0 fully saturated rings. The van der Waals surface area contributed by atoms with Gasteiger partial charge in [-0.05, 0) is 37.1 Å². The minimum Gasteiger partial charge on any atom is -0.476 e. The molecule has 0 saturated heterocycles. The first kappa shape index (κ1) is 18.3. The Morgan fingerprint density at radius 1 is 1.23 bits per heavy atom. The second-order valence-electron chi connectivity index (χ2n) is 6.51. The summed E-state index contributed by atoms with van der Waals surface area (Å²) in [6, 6.07) is 14.6. The van der Waals surface area contributed by atoms with Crippen molar-refractivity contribution in [3.05, 3.63) is 59.7 Å². The number of aryl methyl sites for hydroxylation is 1. The van der Waals surface area contributed by atoms with Crippen LogP contribution in [-0.2, 0) is 14.8 Å². The molecule has 0 aromatic heterocycles. The fourth-order valence-electron chi connectivity index (χ4n) is 2.94. The molecule has 26 heavy (non-hydrogen) atoms. The minimum atomic E-state index is -3.53. The van der Waals surface area contributed by atoms with Crippen LogP contribution in [0.15, 0.2) is 48.5 Å². The predicted molar refractivity (Wildman–Crippen MR) is 101 cm³/mol. The number of nitrogens with zero attached hydrogens (tertiary/aromatic N) is 1. The van der Waals surface area contributed by atoms with Crippen molar-refractivity contribution in [1.29, 1.82) is 0 Å². The van der Waals surface area contributed by atoms with Gasteiger partial charge in [0.25, 0.3) is 5.91 Å². The maximum absolute atomic E-state index is 12.7. The van der Waals surface area contributed by atoms with Gasteiger partial charge in [-0.25, -0.2) is 8.42 Å². The van der Waals surface area contributed by atoms with Gasteiger partial charge in [-0.2, -0.15) is 0 Å². The number of amides is 1. The molecule has 2 aromatic rings. The molecule has 7 heteroatoms. The van der Waals surface area contributed by atoms with Crippen molar-refractivity contribution in [2.24, 2.45) is 0 Å². The van der Waals surface area contributed by atoms with Crippen LogP contribution in [0, 0.1) is 6.92 Å². The first-order valence-electron chi connectivity index (χ1n) is 8.36. The molecule has 1 heterocycles. The highest BCUT2D eigenvalue weighted by Crippen LogP contribution is 2.35. The molecule has 0 saturated carbocycles. The van der Waals surface area contributed by atoms with Crippen LogP contribution in [0.1, 0.15) is 24.1 Å². The Labute approximate surface area is 153 Å². The van der Waals surface area contributed by atoms with E-state index >= 15 is 0 Å². The summed E-state index contributed by atoms with van der Waals surface area (Å²) in [5.41, 5.74) is 2.35. The molecule has 1 unspecified atom stereocenters. The monoisotopic (exact) mass is 374 g/mol. The van der Waals surface area contributed by atoms with E-state index in [0.29, 0.717) is 11.4 Å². The largest absolute Gasteiger partial charge is 0.476 e. The summed E-state index contributed by atoms with van der Waals surface area (Å²) in [5.74, 6) is 0.0426. The van der Waals surface area contributed by atoms with E-state index < -0.39 is 16.1 Å². The third-order valence-electron chi connectivity index (χ3n) is 4.34. The van der Waals surface area contributed by atoms with Gasteiger partial charge >= 0.3 is 0 Å². The number of ether oxygens (including phenoxy) is 1. The molecule has 2 atom stereocenters. The number of nitrogens with one attached hydrogen (secondary N) is 1. The third kappa shape index (κ3) is 3.83. The number of hydrogen-bond acceptors (Lipinski definition) is 4. The molecule has 1 N–H and O–H groups in total. The summed E-state index contributed by atoms with van der Waals surface area (Å²) in [4.78, 5) is 12.7. The van der Waals surface area contributed by atoms with E-state index in [1.807, 2.05) is 50.2 Å². The first-order chi connectivity index (χ1) is 12.3. The number of hydrogen-bond donors (Lipinski definition) is 1. The highest BCUT2D eigenvalue weighted by molar-refractivity contribution is 7.92. The molecule has 0 aliphatic carbocycles. The second-order valence-corrected chi connectivity index (χ2v) is 8.42. The zero-order valence-corrected chi connectivity index (χ0v) is 15.8. The number of anilines is 1.